The number of carbonyl (C=O) groups excluding carboxylic acids is 2. The summed E-state index contributed by atoms with van der Waals surface area (Å²) in [6.45, 7) is 0. The molecule has 166 valence electrons. The molecule has 3 aromatic rings. The summed E-state index contributed by atoms with van der Waals surface area (Å²) in [5.74, 6) is -1.56. The van der Waals surface area contributed by atoms with Crippen LogP contribution in [0.25, 0.3) is 0 Å². The summed E-state index contributed by atoms with van der Waals surface area (Å²) in [7, 11) is 0. The van der Waals surface area contributed by atoms with Gasteiger partial charge in [0.15, 0.2) is 0 Å². The molecule has 0 bridgehead atoms. The predicted molar refractivity (Wildman–Crippen MR) is 105 cm³/mol. The summed E-state index contributed by atoms with van der Waals surface area (Å²) in [6, 6.07) is 13.3. The van der Waals surface area contributed by atoms with Crippen LogP contribution in [0.15, 0.2) is 72.8 Å². The van der Waals surface area contributed by atoms with Crippen molar-refractivity contribution >= 4 is 23.2 Å². The van der Waals surface area contributed by atoms with Gasteiger partial charge in [-0.05, 0) is 54.6 Å². The number of amides is 2. The molecule has 0 unspecified atom stereocenters. The molecule has 0 heterocycles. The van der Waals surface area contributed by atoms with Crippen molar-refractivity contribution in [3.63, 3.8) is 0 Å². The van der Waals surface area contributed by atoms with Gasteiger partial charge in [0, 0.05) is 22.5 Å². The lowest BCUT2D eigenvalue weighted by Crippen LogP contribution is -2.16. The van der Waals surface area contributed by atoms with Gasteiger partial charge in [0.2, 0.25) is 0 Å². The first-order valence-corrected chi connectivity index (χ1v) is 9.01. The summed E-state index contributed by atoms with van der Waals surface area (Å²) >= 11 is 0. The maximum Gasteiger partial charge on any atom is 0.416 e. The molecule has 32 heavy (non-hydrogen) atoms. The molecule has 0 aliphatic rings. The Bertz CT molecular complexity index is 1160. The average molecular weight is 452 g/mol. The van der Waals surface area contributed by atoms with Crippen LogP contribution in [-0.2, 0) is 12.4 Å². The Kier molecular flexibility index (Phi) is 6.24. The number of halogens is 6. The molecule has 0 fully saturated rings. The summed E-state index contributed by atoms with van der Waals surface area (Å²) in [4.78, 5) is 24.7. The van der Waals surface area contributed by atoms with E-state index in [2.05, 4.69) is 10.6 Å². The summed E-state index contributed by atoms with van der Waals surface area (Å²) in [5, 5.41) is 4.72. The predicted octanol–water partition coefficient (Wildman–Crippen LogP) is 6.23. The number of alkyl halides is 6. The topological polar surface area (TPSA) is 58.2 Å². The molecule has 0 saturated heterocycles. The number of rotatable bonds is 4. The van der Waals surface area contributed by atoms with E-state index in [1.807, 2.05) is 0 Å². The minimum absolute atomic E-state index is 0.0178. The average Bonchev–Trinajstić information content (AvgIpc) is 2.73. The van der Waals surface area contributed by atoms with Gasteiger partial charge in [0.05, 0.1) is 11.1 Å². The molecule has 0 aliphatic carbocycles. The number of hydrogen-bond donors (Lipinski definition) is 2. The Morgan fingerprint density at radius 2 is 0.969 bits per heavy atom. The monoisotopic (exact) mass is 452 g/mol. The van der Waals surface area contributed by atoms with E-state index < -0.39 is 35.3 Å². The quantitative estimate of drug-likeness (QED) is 0.461. The van der Waals surface area contributed by atoms with Crippen LogP contribution < -0.4 is 10.6 Å². The molecule has 0 spiro atoms. The van der Waals surface area contributed by atoms with Crippen LogP contribution >= 0.6 is 0 Å². The SMILES string of the molecule is O=C(Nc1cccc(C(F)(F)F)c1)c1cccc(NC(=O)c2cccc(C(F)(F)F)c2)c1. The van der Waals surface area contributed by atoms with E-state index in [-0.39, 0.29) is 22.5 Å². The lowest BCUT2D eigenvalue weighted by Gasteiger charge is -2.11. The second-order valence-electron chi connectivity index (χ2n) is 6.65. The lowest BCUT2D eigenvalue weighted by atomic mass is 10.1. The number of hydrogen-bond acceptors (Lipinski definition) is 2. The Hall–Kier alpha value is -3.82. The van der Waals surface area contributed by atoms with E-state index in [0.29, 0.717) is 6.07 Å². The van der Waals surface area contributed by atoms with Crippen molar-refractivity contribution in [2.45, 2.75) is 12.4 Å². The molecule has 3 aromatic carbocycles. The molecular weight excluding hydrogens is 438 g/mol. The summed E-state index contributed by atoms with van der Waals surface area (Å²) < 4.78 is 76.9. The normalized spacial score (nSPS) is 11.7. The van der Waals surface area contributed by atoms with Crippen molar-refractivity contribution in [1.82, 2.24) is 0 Å². The first-order chi connectivity index (χ1) is 14.9. The summed E-state index contributed by atoms with van der Waals surface area (Å²) in [5.41, 5.74) is -2.10. The highest BCUT2D eigenvalue weighted by molar-refractivity contribution is 6.07. The molecular formula is C22H14F6N2O2. The first kappa shape index (κ1) is 22.9. The van der Waals surface area contributed by atoms with Gasteiger partial charge in [0.25, 0.3) is 11.8 Å². The highest BCUT2D eigenvalue weighted by atomic mass is 19.4. The minimum Gasteiger partial charge on any atom is -0.322 e. The van der Waals surface area contributed by atoms with Crippen LogP contribution in [0.2, 0.25) is 0 Å². The molecule has 0 radical (unpaired) electrons. The van der Waals surface area contributed by atoms with Gasteiger partial charge in [-0.15, -0.1) is 0 Å². The van der Waals surface area contributed by atoms with Gasteiger partial charge in [-0.2, -0.15) is 26.3 Å². The fraction of sp³-hybridized carbons (Fsp3) is 0.0909. The van der Waals surface area contributed by atoms with Crippen molar-refractivity contribution in [2.75, 3.05) is 10.6 Å². The standard InChI is InChI=1S/C22H14F6N2O2/c23-21(24,25)15-6-1-4-13(10-15)19(31)29-17-8-2-5-14(11-17)20(32)30-18-9-3-7-16(12-18)22(26,27)28/h1-12H,(H,29,31)(H,30,32). The number of benzene rings is 3. The van der Waals surface area contributed by atoms with E-state index in [0.717, 1.165) is 30.3 Å². The molecule has 10 heteroatoms. The van der Waals surface area contributed by atoms with Gasteiger partial charge in [0.1, 0.15) is 0 Å². The highest BCUT2D eigenvalue weighted by Gasteiger charge is 2.31. The Balaban J connectivity index is 1.74. The van der Waals surface area contributed by atoms with Gasteiger partial charge in [-0.1, -0.05) is 18.2 Å². The number of anilines is 2. The highest BCUT2D eigenvalue weighted by Crippen LogP contribution is 2.31. The first-order valence-electron chi connectivity index (χ1n) is 9.01. The molecule has 2 amide bonds. The smallest absolute Gasteiger partial charge is 0.322 e. The maximum atomic E-state index is 12.8. The molecule has 0 aromatic heterocycles. The van der Waals surface area contributed by atoms with E-state index in [1.165, 1.54) is 36.4 Å². The zero-order valence-electron chi connectivity index (χ0n) is 16.0. The molecule has 0 atom stereocenters. The fourth-order valence-electron chi connectivity index (χ4n) is 2.75. The van der Waals surface area contributed by atoms with Crippen LogP contribution in [0, 0.1) is 0 Å². The molecule has 0 saturated carbocycles. The van der Waals surface area contributed by atoms with E-state index in [9.17, 15) is 35.9 Å². The zero-order chi connectivity index (χ0) is 23.5. The van der Waals surface area contributed by atoms with E-state index in [1.54, 1.807) is 0 Å². The van der Waals surface area contributed by atoms with Crippen LogP contribution in [0.5, 0.6) is 0 Å². The van der Waals surface area contributed by atoms with E-state index >= 15 is 0 Å². The molecule has 0 aliphatic heterocycles. The van der Waals surface area contributed by atoms with Gasteiger partial charge in [-0.3, -0.25) is 9.59 Å². The van der Waals surface area contributed by atoms with Crippen LogP contribution in [0.4, 0.5) is 37.7 Å². The van der Waals surface area contributed by atoms with Crippen LogP contribution in [0.1, 0.15) is 31.8 Å². The largest absolute Gasteiger partial charge is 0.416 e. The molecule has 3 rings (SSSR count). The second-order valence-corrected chi connectivity index (χ2v) is 6.65. The van der Waals surface area contributed by atoms with Crippen molar-refractivity contribution in [3.05, 3.63) is 95.1 Å². The van der Waals surface area contributed by atoms with Crippen molar-refractivity contribution in [2.24, 2.45) is 0 Å². The third-order valence-electron chi connectivity index (χ3n) is 4.28. The van der Waals surface area contributed by atoms with Crippen LogP contribution in [-0.4, -0.2) is 11.8 Å². The lowest BCUT2D eigenvalue weighted by molar-refractivity contribution is -0.138. The Morgan fingerprint density at radius 1 is 0.562 bits per heavy atom. The fourth-order valence-corrected chi connectivity index (χ4v) is 2.75. The third-order valence-corrected chi connectivity index (χ3v) is 4.28. The van der Waals surface area contributed by atoms with Crippen molar-refractivity contribution in [3.8, 4) is 0 Å². The molecule has 2 N–H and O–H groups in total. The van der Waals surface area contributed by atoms with Crippen LogP contribution in [0.3, 0.4) is 0 Å². The summed E-state index contributed by atoms with van der Waals surface area (Å²) in [6.07, 6.45) is -9.19. The number of carbonyl (C=O) groups is 2. The zero-order valence-corrected chi connectivity index (χ0v) is 16.0. The Morgan fingerprint density at radius 3 is 1.50 bits per heavy atom. The Labute approximate surface area is 177 Å². The third kappa shape index (κ3) is 5.65. The molecule has 4 nitrogen and oxygen atoms in total. The van der Waals surface area contributed by atoms with E-state index in [4.69, 9.17) is 0 Å². The van der Waals surface area contributed by atoms with Gasteiger partial charge < -0.3 is 10.6 Å². The number of nitrogens with one attached hydrogen (secondary N) is 2. The maximum absolute atomic E-state index is 12.8. The van der Waals surface area contributed by atoms with Gasteiger partial charge >= 0.3 is 12.4 Å². The van der Waals surface area contributed by atoms with Gasteiger partial charge in [-0.25, -0.2) is 0 Å². The second kappa shape index (κ2) is 8.74. The van der Waals surface area contributed by atoms with Crippen molar-refractivity contribution in [1.29, 1.82) is 0 Å². The van der Waals surface area contributed by atoms with Crippen molar-refractivity contribution < 1.29 is 35.9 Å². The minimum atomic E-state index is -4.61.